The third-order valence-electron chi connectivity index (χ3n) is 2.73. The van der Waals surface area contributed by atoms with Crippen LogP contribution in [0.3, 0.4) is 0 Å². The number of nitro groups is 1. The predicted molar refractivity (Wildman–Crippen MR) is 65.1 cm³/mol. The Morgan fingerprint density at radius 3 is 2.72 bits per heavy atom. The molecule has 0 saturated carbocycles. The first kappa shape index (κ1) is 12.1. The van der Waals surface area contributed by atoms with Gasteiger partial charge in [0.05, 0.1) is 12.0 Å². The van der Waals surface area contributed by atoms with Gasteiger partial charge in [0, 0.05) is 10.9 Å². The normalized spacial score (nSPS) is 10.6. The number of ether oxygens (including phenoxy) is 1. The molecule has 94 valence electrons. The average Bonchev–Trinajstić information content (AvgIpc) is 2.35. The van der Waals surface area contributed by atoms with E-state index in [1.54, 1.807) is 25.1 Å². The van der Waals surface area contributed by atoms with E-state index >= 15 is 0 Å². The maximum Gasteiger partial charge on any atom is 0.415 e. The number of hydrogen-bond donors (Lipinski definition) is 0. The van der Waals surface area contributed by atoms with E-state index in [-0.39, 0.29) is 5.58 Å². The monoisotopic (exact) mass is 249 g/mol. The number of benzene rings is 1. The Kier molecular flexibility index (Phi) is 3.01. The molecule has 0 aliphatic carbocycles. The fraction of sp³-hybridized carbons (Fsp3) is 0.250. The molecular formula is C12H11NO5. The molecule has 0 saturated heterocycles. The first-order valence-corrected chi connectivity index (χ1v) is 5.37. The van der Waals surface area contributed by atoms with E-state index in [0.29, 0.717) is 23.1 Å². The highest BCUT2D eigenvalue weighted by Crippen LogP contribution is 2.30. The molecule has 1 aromatic heterocycles. The number of rotatable bonds is 3. The summed E-state index contributed by atoms with van der Waals surface area (Å²) in [5.41, 5.74) is -0.843. The smallest absolute Gasteiger partial charge is 0.415 e. The van der Waals surface area contributed by atoms with Crippen molar-refractivity contribution in [1.82, 2.24) is 0 Å². The molecule has 1 aromatic carbocycles. The molecule has 0 amide bonds. The van der Waals surface area contributed by atoms with Crippen LogP contribution in [0.15, 0.2) is 27.4 Å². The highest BCUT2D eigenvalue weighted by molar-refractivity contribution is 5.87. The summed E-state index contributed by atoms with van der Waals surface area (Å²) in [4.78, 5) is 21.9. The van der Waals surface area contributed by atoms with Crippen LogP contribution in [0.5, 0.6) is 5.75 Å². The zero-order valence-corrected chi connectivity index (χ0v) is 9.93. The molecule has 2 rings (SSSR count). The molecule has 0 spiro atoms. The summed E-state index contributed by atoms with van der Waals surface area (Å²) in [6.45, 7) is 1.75. The zero-order chi connectivity index (χ0) is 13.3. The summed E-state index contributed by atoms with van der Waals surface area (Å²) in [6.07, 6.45) is 0.367. The molecule has 0 unspecified atom stereocenters. The Labute approximate surface area is 102 Å². The summed E-state index contributed by atoms with van der Waals surface area (Å²) in [7, 11) is 1.45. The SMILES string of the molecule is CCc1c([N+](=O)[O-])c(=O)oc2c(OC)cccc12. The summed E-state index contributed by atoms with van der Waals surface area (Å²) >= 11 is 0. The first-order chi connectivity index (χ1) is 8.60. The van der Waals surface area contributed by atoms with E-state index in [9.17, 15) is 14.9 Å². The van der Waals surface area contributed by atoms with E-state index in [1.165, 1.54) is 7.11 Å². The maximum atomic E-state index is 11.7. The topological polar surface area (TPSA) is 82.6 Å². The summed E-state index contributed by atoms with van der Waals surface area (Å²) in [5.74, 6) is 0.384. The number of methoxy groups -OCH3 is 1. The lowest BCUT2D eigenvalue weighted by Crippen LogP contribution is -2.10. The molecule has 18 heavy (non-hydrogen) atoms. The van der Waals surface area contributed by atoms with Crippen molar-refractivity contribution in [1.29, 1.82) is 0 Å². The van der Waals surface area contributed by atoms with Gasteiger partial charge in [0.2, 0.25) is 0 Å². The molecule has 6 heteroatoms. The van der Waals surface area contributed by atoms with Crippen LogP contribution in [0.25, 0.3) is 11.0 Å². The molecule has 0 aliphatic rings. The van der Waals surface area contributed by atoms with Crippen molar-refractivity contribution in [2.45, 2.75) is 13.3 Å². The second-order valence-corrected chi connectivity index (χ2v) is 3.66. The van der Waals surface area contributed by atoms with Gasteiger partial charge >= 0.3 is 11.3 Å². The molecule has 0 bridgehead atoms. The third kappa shape index (κ3) is 1.71. The van der Waals surface area contributed by atoms with E-state index in [2.05, 4.69) is 0 Å². The summed E-state index contributed by atoms with van der Waals surface area (Å²) < 4.78 is 10.1. The Morgan fingerprint density at radius 1 is 1.44 bits per heavy atom. The lowest BCUT2D eigenvalue weighted by molar-refractivity contribution is -0.387. The predicted octanol–water partition coefficient (Wildman–Crippen LogP) is 2.27. The van der Waals surface area contributed by atoms with Gasteiger partial charge < -0.3 is 9.15 Å². The lowest BCUT2D eigenvalue weighted by Gasteiger charge is -2.07. The van der Waals surface area contributed by atoms with Gasteiger partial charge in [-0.05, 0) is 12.5 Å². The number of aryl methyl sites for hydroxylation is 1. The van der Waals surface area contributed by atoms with Crippen molar-refractivity contribution in [2.75, 3.05) is 7.11 Å². The number of hydrogen-bond acceptors (Lipinski definition) is 5. The fourth-order valence-corrected chi connectivity index (χ4v) is 1.95. The van der Waals surface area contributed by atoms with Crippen molar-refractivity contribution < 1.29 is 14.1 Å². The maximum absolute atomic E-state index is 11.7. The number of fused-ring (bicyclic) bond motifs is 1. The Morgan fingerprint density at radius 2 is 2.17 bits per heavy atom. The average molecular weight is 249 g/mol. The second-order valence-electron chi connectivity index (χ2n) is 3.66. The molecule has 1 heterocycles. The number of nitrogens with zero attached hydrogens (tertiary/aromatic N) is 1. The second kappa shape index (κ2) is 4.48. The van der Waals surface area contributed by atoms with Gasteiger partial charge in [-0.2, -0.15) is 0 Å². The lowest BCUT2D eigenvalue weighted by atomic mass is 10.1. The van der Waals surface area contributed by atoms with Gasteiger partial charge in [0.15, 0.2) is 11.3 Å². The first-order valence-electron chi connectivity index (χ1n) is 5.37. The zero-order valence-electron chi connectivity index (χ0n) is 9.93. The van der Waals surface area contributed by atoms with Crippen LogP contribution in [-0.4, -0.2) is 12.0 Å². The fourth-order valence-electron chi connectivity index (χ4n) is 1.95. The summed E-state index contributed by atoms with van der Waals surface area (Å²) in [6, 6.07) is 5.01. The van der Waals surface area contributed by atoms with Crippen LogP contribution in [-0.2, 0) is 6.42 Å². The van der Waals surface area contributed by atoms with E-state index in [4.69, 9.17) is 9.15 Å². The van der Waals surface area contributed by atoms with Gasteiger partial charge in [-0.15, -0.1) is 0 Å². The van der Waals surface area contributed by atoms with Crippen molar-refractivity contribution in [2.24, 2.45) is 0 Å². The van der Waals surface area contributed by atoms with E-state index in [1.807, 2.05) is 0 Å². The van der Waals surface area contributed by atoms with Crippen LogP contribution >= 0.6 is 0 Å². The molecule has 0 atom stereocenters. The van der Waals surface area contributed by atoms with Crippen molar-refractivity contribution >= 4 is 16.7 Å². The van der Waals surface area contributed by atoms with Crippen LogP contribution < -0.4 is 10.4 Å². The van der Waals surface area contributed by atoms with Gasteiger partial charge in [-0.1, -0.05) is 19.1 Å². The van der Waals surface area contributed by atoms with Crippen molar-refractivity contribution in [3.8, 4) is 5.75 Å². The Balaban J connectivity index is 2.97. The van der Waals surface area contributed by atoms with E-state index in [0.717, 1.165) is 0 Å². The van der Waals surface area contributed by atoms with Crippen LogP contribution in [0.1, 0.15) is 12.5 Å². The Bertz CT molecular complexity index is 674. The van der Waals surface area contributed by atoms with Crippen LogP contribution in [0.2, 0.25) is 0 Å². The minimum absolute atomic E-state index is 0.243. The molecular weight excluding hydrogens is 238 g/mol. The summed E-state index contributed by atoms with van der Waals surface area (Å²) in [5, 5.41) is 11.4. The Hall–Kier alpha value is -2.37. The van der Waals surface area contributed by atoms with Gasteiger partial charge in [0.25, 0.3) is 0 Å². The van der Waals surface area contributed by atoms with Gasteiger partial charge in [-0.25, -0.2) is 4.79 Å². The minimum Gasteiger partial charge on any atom is -0.493 e. The molecule has 6 nitrogen and oxygen atoms in total. The molecule has 0 N–H and O–H groups in total. The molecule has 0 aliphatic heterocycles. The molecule has 0 fully saturated rings. The quantitative estimate of drug-likeness (QED) is 0.473. The van der Waals surface area contributed by atoms with Crippen molar-refractivity contribution in [3.05, 3.63) is 44.3 Å². The highest BCUT2D eigenvalue weighted by Gasteiger charge is 2.24. The molecule has 0 radical (unpaired) electrons. The minimum atomic E-state index is -0.950. The largest absolute Gasteiger partial charge is 0.493 e. The molecule has 2 aromatic rings. The third-order valence-corrected chi connectivity index (χ3v) is 2.73. The van der Waals surface area contributed by atoms with Gasteiger partial charge in [0.1, 0.15) is 0 Å². The van der Waals surface area contributed by atoms with Gasteiger partial charge in [-0.3, -0.25) is 10.1 Å². The highest BCUT2D eigenvalue weighted by atomic mass is 16.6. The standard InChI is InChI=1S/C12H11NO5/c1-3-7-8-5-4-6-9(17-2)11(8)18-12(14)10(7)13(15)16/h4-6H,3H2,1-2H3. The van der Waals surface area contributed by atoms with E-state index < -0.39 is 16.2 Å². The van der Waals surface area contributed by atoms with Crippen molar-refractivity contribution in [3.63, 3.8) is 0 Å². The van der Waals surface area contributed by atoms with Crippen LogP contribution in [0, 0.1) is 10.1 Å². The number of para-hydroxylation sites is 1. The van der Waals surface area contributed by atoms with Crippen LogP contribution in [0.4, 0.5) is 5.69 Å².